The van der Waals surface area contributed by atoms with Gasteiger partial charge in [-0.2, -0.15) is 0 Å². The fourth-order valence-electron chi connectivity index (χ4n) is 3.70. The van der Waals surface area contributed by atoms with Crippen LogP contribution in [-0.2, 0) is 11.3 Å². The van der Waals surface area contributed by atoms with Crippen LogP contribution in [0.5, 0.6) is 0 Å². The molecule has 1 aliphatic rings. The number of nitrogens with zero attached hydrogens (tertiary/aromatic N) is 3. The van der Waals surface area contributed by atoms with Crippen LogP contribution in [0.3, 0.4) is 0 Å². The summed E-state index contributed by atoms with van der Waals surface area (Å²) < 4.78 is 5.44. The van der Waals surface area contributed by atoms with E-state index in [1.165, 1.54) is 0 Å². The van der Waals surface area contributed by atoms with Crippen LogP contribution in [0.25, 0.3) is 0 Å². The van der Waals surface area contributed by atoms with Gasteiger partial charge in [0.2, 0.25) is 5.91 Å². The predicted octanol–water partition coefficient (Wildman–Crippen LogP) is 2.45. The summed E-state index contributed by atoms with van der Waals surface area (Å²) in [4.78, 5) is 17.9. The Hall–Kier alpha value is -1.36. The zero-order valence-electron chi connectivity index (χ0n) is 17.9. The first-order chi connectivity index (χ1) is 13.6. The van der Waals surface area contributed by atoms with Gasteiger partial charge in [0.25, 0.3) is 0 Å². The Morgan fingerprint density at radius 2 is 2.17 bits per heavy atom. The van der Waals surface area contributed by atoms with Crippen LogP contribution < -0.4 is 16.4 Å². The molecule has 1 fully saturated rings. The number of piperidine rings is 1. The zero-order valence-corrected chi connectivity index (χ0v) is 20.3. The van der Waals surface area contributed by atoms with E-state index in [1.807, 2.05) is 6.07 Å². The molecule has 1 aromatic heterocycles. The topological polar surface area (TPSA) is 109 Å². The van der Waals surface area contributed by atoms with E-state index in [1.54, 1.807) is 7.05 Å². The van der Waals surface area contributed by atoms with Crippen LogP contribution in [0.1, 0.15) is 63.3 Å². The van der Waals surface area contributed by atoms with Gasteiger partial charge in [-0.15, -0.1) is 24.0 Å². The largest absolute Gasteiger partial charge is 0.369 e. The first-order valence-corrected chi connectivity index (χ1v) is 10.5. The molecule has 1 unspecified atom stereocenters. The molecule has 4 N–H and O–H groups in total. The number of likely N-dealkylation sites (tertiary alicyclic amines) is 1. The summed E-state index contributed by atoms with van der Waals surface area (Å²) in [5, 5.41) is 10.8. The van der Waals surface area contributed by atoms with Gasteiger partial charge in [0.15, 0.2) is 11.7 Å². The van der Waals surface area contributed by atoms with Crippen LogP contribution in [0, 0.1) is 5.92 Å². The predicted molar refractivity (Wildman–Crippen MR) is 126 cm³/mol. The number of nitrogens with one attached hydrogen (secondary N) is 2. The van der Waals surface area contributed by atoms with Gasteiger partial charge in [-0.1, -0.05) is 19.0 Å². The number of nitrogens with two attached hydrogens (primary N) is 1. The van der Waals surface area contributed by atoms with E-state index in [4.69, 9.17) is 10.3 Å². The number of aromatic nitrogens is 1. The third kappa shape index (κ3) is 8.49. The second kappa shape index (κ2) is 13.8. The maximum atomic E-state index is 11.4. The van der Waals surface area contributed by atoms with Crippen molar-refractivity contribution in [1.29, 1.82) is 0 Å². The Bertz CT molecular complexity index is 632. The van der Waals surface area contributed by atoms with E-state index in [-0.39, 0.29) is 35.8 Å². The van der Waals surface area contributed by atoms with Crippen molar-refractivity contribution in [1.82, 2.24) is 20.7 Å². The molecule has 1 aromatic rings. The van der Waals surface area contributed by atoms with Gasteiger partial charge >= 0.3 is 0 Å². The Labute approximate surface area is 191 Å². The van der Waals surface area contributed by atoms with Gasteiger partial charge in [-0.25, -0.2) is 0 Å². The molecule has 0 aliphatic carbocycles. The summed E-state index contributed by atoms with van der Waals surface area (Å²) in [6.45, 7) is 8.49. The number of guanidine groups is 1. The van der Waals surface area contributed by atoms with Gasteiger partial charge in [0.1, 0.15) is 0 Å². The zero-order chi connectivity index (χ0) is 20.4. The number of amides is 1. The van der Waals surface area contributed by atoms with E-state index >= 15 is 0 Å². The molecule has 0 spiro atoms. The molecule has 1 amide bonds. The lowest BCUT2D eigenvalue weighted by Gasteiger charge is -2.31. The summed E-state index contributed by atoms with van der Waals surface area (Å²) in [6.07, 6.45) is 5.07. The number of hydrogen-bond donors (Lipinski definition) is 3. The fraction of sp³-hybridized carbons (Fsp3) is 0.750. The molecule has 0 aromatic carbocycles. The van der Waals surface area contributed by atoms with E-state index in [2.05, 4.69) is 39.5 Å². The maximum absolute atomic E-state index is 11.4. The Morgan fingerprint density at radius 1 is 1.41 bits per heavy atom. The molecule has 166 valence electrons. The smallest absolute Gasteiger partial charge is 0.221 e. The average molecular weight is 520 g/mol. The molecule has 29 heavy (non-hydrogen) atoms. The monoisotopic (exact) mass is 520 g/mol. The third-order valence-corrected chi connectivity index (χ3v) is 5.49. The first kappa shape index (κ1) is 25.7. The highest BCUT2D eigenvalue weighted by molar-refractivity contribution is 14.0. The number of carbonyl (C=O) groups excluding carboxylic acids is 1. The van der Waals surface area contributed by atoms with Gasteiger partial charge in [-0.05, 0) is 45.2 Å². The summed E-state index contributed by atoms with van der Waals surface area (Å²) in [5.74, 6) is 1.85. The number of aliphatic imine (C=N–C) groups is 1. The maximum Gasteiger partial charge on any atom is 0.221 e. The lowest BCUT2D eigenvalue weighted by atomic mass is 9.97. The quantitative estimate of drug-likeness (QED) is 0.189. The van der Waals surface area contributed by atoms with Crippen LogP contribution in [-0.4, -0.2) is 55.2 Å². The van der Waals surface area contributed by atoms with E-state index < -0.39 is 0 Å². The van der Waals surface area contributed by atoms with Gasteiger partial charge in [-0.3, -0.25) is 9.79 Å². The van der Waals surface area contributed by atoms with E-state index in [0.29, 0.717) is 12.5 Å². The molecule has 1 atom stereocenters. The average Bonchev–Trinajstić information content (AvgIpc) is 3.17. The molecule has 1 aliphatic heterocycles. The number of hydrogen-bond acceptors (Lipinski definition) is 5. The number of halogens is 1. The lowest BCUT2D eigenvalue weighted by Crippen LogP contribution is -2.42. The van der Waals surface area contributed by atoms with Crippen LogP contribution in [0.2, 0.25) is 0 Å². The lowest BCUT2D eigenvalue weighted by molar-refractivity contribution is -0.123. The highest BCUT2D eigenvalue weighted by Gasteiger charge is 2.23. The Kier molecular flexibility index (Phi) is 12.2. The molecule has 0 radical (unpaired) electrons. The summed E-state index contributed by atoms with van der Waals surface area (Å²) >= 11 is 0. The van der Waals surface area contributed by atoms with Gasteiger partial charge in [0, 0.05) is 32.1 Å². The van der Waals surface area contributed by atoms with Crippen molar-refractivity contribution in [2.75, 3.05) is 33.2 Å². The molecular formula is C20H37IN6O2. The van der Waals surface area contributed by atoms with Gasteiger partial charge in [0.05, 0.1) is 18.2 Å². The van der Waals surface area contributed by atoms with E-state index in [0.717, 1.165) is 75.7 Å². The minimum absolute atomic E-state index is 0. The number of carbonyl (C=O) groups is 1. The van der Waals surface area contributed by atoms with Crippen molar-refractivity contribution < 1.29 is 9.32 Å². The van der Waals surface area contributed by atoms with Crippen molar-refractivity contribution in [2.24, 2.45) is 16.6 Å². The fourth-order valence-corrected chi connectivity index (χ4v) is 3.70. The van der Waals surface area contributed by atoms with Crippen molar-refractivity contribution in [3.8, 4) is 0 Å². The third-order valence-electron chi connectivity index (χ3n) is 5.49. The molecule has 8 nitrogen and oxygen atoms in total. The first-order valence-electron chi connectivity index (χ1n) is 10.5. The molecule has 2 rings (SSSR count). The molecule has 9 heteroatoms. The molecule has 0 bridgehead atoms. The normalized spacial score (nSPS) is 17.8. The SMILES string of the molecule is CCC(CC)c1cc(CNC(=NC)NCCCN2CCCC(C(N)=O)C2)on1.I. The van der Waals surface area contributed by atoms with Crippen molar-refractivity contribution in [3.05, 3.63) is 17.5 Å². The molecule has 1 saturated heterocycles. The van der Waals surface area contributed by atoms with Gasteiger partial charge < -0.3 is 25.8 Å². The van der Waals surface area contributed by atoms with Crippen molar-refractivity contribution >= 4 is 35.8 Å². The van der Waals surface area contributed by atoms with Crippen LogP contribution >= 0.6 is 24.0 Å². The molecular weight excluding hydrogens is 483 g/mol. The van der Waals surface area contributed by atoms with Crippen LogP contribution in [0.4, 0.5) is 0 Å². The highest BCUT2D eigenvalue weighted by Crippen LogP contribution is 2.22. The summed E-state index contributed by atoms with van der Waals surface area (Å²) in [5.41, 5.74) is 6.47. The number of primary amides is 1. The summed E-state index contributed by atoms with van der Waals surface area (Å²) in [7, 11) is 1.76. The second-order valence-corrected chi connectivity index (χ2v) is 7.48. The van der Waals surface area contributed by atoms with Crippen molar-refractivity contribution in [2.45, 2.75) is 58.4 Å². The summed E-state index contributed by atoms with van der Waals surface area (Å²) in [6, 6.07) is 2.03. The minimum Gasteiger partial charge on any atom is -0.369 e. The minimum atomic E-state index is -0.174. The number of rotatable bonds is 10. The van der Waals surface area contributed by atoms with Crippen molar-refractivity contribution in [3.63, 3.8) is 0 Å². The standard InChI is InChI=1S/C20H36N6O2.HI/c1-4-15(5-2)18-12-17(28-25-18)13-24-20(22-3)23-9-7-11-26-10-6-8-16(14-26)19(21)27;/h12,15-16H,4-11,13-14H2,1-3H3,(H2,21,27)(H2,22,23,24);1H. The van der Waals surface area contributed by atoms with E-state index in [9.17, 15) is 4.79 Å². The second-order valence-electron chi connectivity index (χ2n) is 7.48. The highest BCUT2D eigenvalue weighted by atomic mass is 127. The Morgan fingerprint density at radius 3 is 2.83 bits per heavy atom. The molecule has 2 heterocycles. The van der Waals surface area contributed by atoms with Crippen LogP contribution in [0.15, 0.2) is 15.6 Å². The molecule has 0 saturated carbocycles. The Balaban J connectivity index is 0.00000420.